The zero-order chi connectivity index (χ0) is 24.7. The fraction of sp³-hybridized carbons (Fsp3) is 0.320. The number of hydrogen-bond acceptors (Lipinski definition) is 6. The molecular weight excluding hydrogens is 457 g/mol. The molecule has 2 N–H and O–H groups in total. The highest BCUT2D eigenvalue weighted by molar-refractivity contribution is 6.31. The number of likely N-dealkylation sites (tertiary alicyclic amines) is 1. The Labute approximate surface area is 203 Å². The van der Waals surface area contributed by atoms with E-state index in [1.54, 1.807) is 12.1 Å². The van der Waals surface area contributed by atoms with Gasteiger partial charge in [0.2, 0.25) is 5.91 Å². The summed E-state index contributed by atoms with van der Waals surface area (Å²) in [7, 11) is 2.15. The standard InChI is InChI=1S/C25H25ClFN5O2/c1-3-24(33)31-22-9-18-21(10-23(22)34-17-6-14-11-32(2)12-15(14)7-17)28-13-29-25(18)30-16-4-5-20(27)19(26)8-16/h3-5,8-10,13-15,17H,1,6-7,11-12H2,2H3,(H,31,33)(H,28,29,30)/i/hD. The van der Waals surface area contributed by atoms with Gasteiger partial charge >= 0.3 is 0 Å². The minimum absolute atomic E-state index is 0.0471. The van der Waals surface area contributed by atoms with Gasteiger partial charge in [0.1, 0.15) is 23.7 Å². The number of rotatable bonds is 6. The Morgan fingerprint density at radius 1 is 1.29 bits per heavy atom. The van der Waals surface area contributed by atoms with Crippen molar-refractivity contribution in [1.29, 1.82) is 0 Å². The maximum absolute atomic E-state index is 13.6. The van der Waals surface area contributed by atoms with Gasteiger partial charge in [0.15, 0.2) is 1.41 Å². The topological polar surface area (TPSA) is 79.4 Å². The van der Waals surface area contributed by atoms with Gasteiger partial charge in [-0.05, 0) is 62.1 Å². The van der Waals surface area contributed by atoms with Gasteiger partial charge in [-0.25, -0.2) is 14.4 Å². The molecule has 5 rings (SSSR count). The Morgan fingerprint density at radius 3 is 2.76 bits per heavy atom. The Hall–Kier alpha value is -3.23. The van der Waals surface area contributed by atoms with Crippen molar-refractivity contribution in [2.24, 2.45) is 11.8 Å². The highest BCUT2D eigenvalue weighted by Crippen LogP contribution is 2.41. The zero-order valence-electron chi connectivity index (χ0n) is 19.7. The van der Waals surface area contributed by atoms with Gasteiger partial charge in [-0.15, -0.1) is 0 Å². The molecule has 7 nitrogen and oxygen atoms in total. The van der Waals surface area contributed by atoms with Crippen LogP contribution < -0.4 is 15.4 Å². The van der Waals surface area contributed by atoms with Crippen molar-refractivity contribution in [3.63, 3.8) is 0 Å². The summed E-state index contributed by atoms with van der Waals surface area (Å²) in [5, 5.41) is 4.27. The van der Waals surface area contributed by atoms with Crippen molar-refractivity contribution >= 4 is 45.6 Å². The second-order valence-corrected chi connectivity index (χ2v) is 9.33. The van der Waals surface area contributed by atoms with E-state index in [4.69, 9.17) is 17.7 Å². The molecule has 176 valence electrons. The molecule has 0 spiro atoms. The van der Waals surface area contributed by atoms with E-state index in [9.17, 15) is 9.18 Å². The van der Waals surface area contributed by atoms with Crippen molar-refractivity contribution in [1.82, 2.24) is 14.9 Å². The van der Waals surface area contributed by atoms with Crippen LogP contribution in [0.3, 0.4) is 0 Å². The van der Waals surface area contributed by atoms with Gasteiger partial charge in [-0.1, -0.05) is 18.2 Å². The zero-order valence-corrected chi connectivity index (χ0v) is 19.4. The molecule has 0 bridgehead atoms. The SMILES string of the molecule is [2H]N(c1ccc(F)c(Cl)c1)c1ncnc2cc(OC3CC4CN(C)CC4C3)c(NC(=O)C=C)cc12. The van der Waals surface area contributed by atoms with E-state index in [0.29, 0.717) is 39.9 Å². The second kappa shape index (κ2) is 9.19. The van der Waals surface area contributed by atoms with Crippen LogP contribution in [0.25, 0.3) is 10.9 Å². The van der Waals surface area contributed by atoms with E-state index in [0.717, 1.165) is 31.2 Å². The number of amides is 1. The molecule has 1 saturated heterocycles. The van der Waals surface area contributed by atoms with Crippen LogP contribution in [0.2, 0.25) is 6.43 Å². The maximum atomic E-state index is 13.6. The first kappa shape index (κ1) is 21.3. The van der Waals surface area contributed by atoms with Gasteiger partial charge < -0.3 is 20.3 Å². The maximum Gasteiger partial charge on any atom is 0.247 e. The molecule has 2 aliphatic rings. The molecule has 1 aromatic heterocycles. The summed E-state index contributed by atoms with van der Waals surface area (Å²) in [6.45, 7) is 5.68. The Kier molecular flexibility index (Phi) is 5.76. The lowest BCUT2D eigenvalue weighted by atomic mass is 10.0. The minimum atomic E-state index is -0.574. The lowest BCUT2D eigenvalue weighted by Gasteiger charge is -2.20. The number of carbonyl (C=O) groups excluding carboxylic acids is 1. The van der Waals surface area contributed by atoms with Crippen LogP contribution in [0.15, 0.2) is 49.3 Å². The second-order valence-electron chi connectivity index (χ2n) is 8.92. The summed E-state index contributed by atoms with van der Waals surface area (Å²) in [4.78, 5) is 23.2. The molecule has 2 unspecified atom stereocenters. The number of nitrogens with zero attached hydrogens (tertiary/aromatic N) is 3. The largest absolute Gasteiger partial charge is 0.488 e. The first-order valence-corrected chi connectivity index (χ1v) is 11.5. The lowest BCUT2D eigenvalue weighted by Crippen LogP contribution is -2.21. The van der Waals surface area contributed by atoms with Gasteiger partial charge in [-0.2, -0.15) is 0 Å². The number of ether oxygens (including phenoxy) is 1. The van der Waals surface area contributed by atoms with Crippen molar-refractivity contribution in [3.8, 4) is 5.75 Å². The van der Waals surface area contributed by atoms with Crippen LogP contribution >= 0.6 is 11.6 Å². The summed E-state index contributed by atoms with van der Waals surface area (Å²) in [6, 6.07) is 7.43. The summed E-state index contributed by atoms with van der Waals surface area (Å²) in [6.07, 6.45) is 4.51. The number of hydrogen-bond donors (Lipinski definition) is 2. The highest BCUT2D eigenvalue weighted by Gasteiger charge is 2.40. The molecule has 2 heterocycles. The van der Waals surface area contributed by atoms with Gasteiger partial charge in [0.25, 0.3) is 0 Å². The Balaban J connectivity index is 1.51. The molecule has 1 saturated carbocycles. The van der Waals surface area contributed by atoms with E-state index < -0.39 is 5.82 Å². The van der Waals surface area contributed by atoms with Crippen LogP contribution in [0, 0.1) is 17.7 Å². The molecule has 1 aliphatic carbocycles. The molecule has 3 aromatic rings. The van der Waals surface area contributed by atoms with Gasteiger partial charge in [0, 0.05) is 30.2 Å². The lowest BCUT2D eigenvalue weighted by molar-refractivity contribution is -0.111. The van der Waals surface area contributed by atoms with Crippen molar-refractivity contribution in [2.75, 3.05) is 30.8 Å². The van der Waals surface area contributed by atoms with Crippen LogP contribution in [-0.2, 0) is 4.79 Å². The van der Waals surface area contributed by atoms with Gasteiger partial charge in [-0.3, -0.25) is 4.79 Å². The quantitative estimate of drug-likeness (QED) is 0.481. The average molecular weight is 483 g/mol. The minimum Gasteiger partial charge on any atom is -0.488 e. The fourth-order valence-corrected chi connectivity index (χ4v) is 5.14. The van der Waals surface area contributed by atoms with Crippen LogP contribution in [0.5, 0.6) is 5.75 Å². The molecule has 1 amide bonds. The molecule has 2 atom stereocenters. The molecule has 9 heteroatoms. The van der Waals surface area contributed by atoms with E-state index in [1.165, 1.54) is 30.6 Å². The number of benzene rings is 2. The molecule has 1 aliphatic heterocycles. The molecule has 0 radical (unpaired) electrons. The molecule has 2 aromatic carbocycles. The predicted molar refractivity (Wildman–Crippen MR) is 131 cm³/mol. The summed E-state index contributed by atoms with van der Waals surface area (Å²) >= 11 is 5.91. The summed E-state index contributed by atoms with van der Waals surface area (Å²) in [5.74, 6) is 1.03. The fourth-order valence-electron chi connectivity index (χ4n) is 4.97. The third-order valence-corrected chi connectivity index (χ3v) is 6.77. The van der Waals surface area contributed by atoms with E-state index >= 15 is 0 Å². The average Bonchev–Trinajstić information content (AvgIpc) is 3.36. The molecular formula is C25H25ClFN5O2. The van der Waals surface area contributed by atoms with Crippen LogP contribution in [0.1, 0.15) is 12.8 Å². The Bertz CT molecular complexity index is 1290. The van der Waals surface area contributed by atoms with E-state index in [1.807, 2.05) is 0 Å². The van der Waals surface area contributed by atoms with Crippen molar-refractivity contribution in [2.45, 2.75) is 18.9 Å². The summed E-state index contributed by atoms with van der Waals surface area (Å²) < 4.78 is 28.6. The van der Waals surface area contributed by atoms with Crippen LogP contribution in [0.4, 0.5) is 21.6 Å². The molecule has 2 fully saturated rings. The first-order chi connectivity index (χ1) is 16.8. The van der Waals surface area contributed by atoms with Gasteiger partial charge in [0.05, 0.1) is 22.3 Å². The van der Waals surface area contributed by atoms with E-state index in [2.05, 4.69) is 33.8 Å². The monoisotopic (exact) mass is 482 g/mol. The van der Waals surface area contributed by atoms with Crippen molar-refractivity contribution < 1.29 is 15.3 Å². The Morgan fingerprint density at radius 2 is 2.06 bits per heavy atom. The normalized spacial score (nSPS) is 22.3. The smallest absolute Gasteiger partial charge is 0.247 e. The van der Waals surface area contributed by atoms with Crippen molar-refractivity contribution in [3.05, 3.63) is 60.2 Å². The number of anilines is 3. The number of fused-ring (bicyclic) bond motifs is 2. The number of carbonyl (C=O) groups is 1. The predicted octanol–water partition coefficient (Wildman–Crippen LogP) is 5.01. The first-order valence-electron chi connectivity index (χ1n) is 11.6. The van der Waals surface area contributed by atoms with Crippen LogP contribution in [-0.4, -0.2) is 47.0 Å². The number of nitrogens with one attached hydrogen (secondary N) is 2. The third kappa shape index (κ3) is 4.56. The molecule has 34 heavy (non-hydrogen) atoms. The van der Waals surface area contributed by atoms with E-state index in [-0.39, 0.29) is 22.9 Å². The number of halogens is 2. The number of aromatic nitrogens is 2. The summed E-state index contributed by atoms with van der Waals surface area (Å²) in [5.41, 5.74) is 1.32. The highest BCUT2D eigenvalue weighted by atomic mass is 35.5. The third-order valence-electron chi connectivity index (χ3n) is 6.48.